The van der Waals surface area contributed by atoms with Gasteiger partial charge in [0.05, 0.1) is 5.54 Å². The van der Waals surface area contributed by atoms with Gasteiger partial charge in [0.1, 0.15) is 18.7 Å². The van der Waals surface area contributed by atoms with Crippen LogP contribution in [0.4, 0.5) is 0 Å². The first-order chi connectivity index (χ1) is 8.43. The fourth-order valence-corrected chi connectivity index (χ4v) is 1.82. The molecule has 6 nitrogen and oxygen atoms in total. The molecule has 0 fully saturated rings. The Bertz CT molecular complexity index is 505. The number of aryl methyl sites for hydroxylation is 1. The first kappa shape index (κ1) is 12.7. The molecule has 98 valence electrons. The summed E-state index contributed by atoms with van der Waals surface area (Å²) in [7, 11) is 0. The normalized spacial score (nSPS) is 13.8. The summed E-state index contributed by atoms with van der Waals surface area (Å²) in [6.45, 7) is 10.5. The molecule has 0 saturated heterocycles. The predicted octanol–water partition coefficient (Wildman–Crippen LogP) is 1.80. The van der Waals surface area contributed by atoms with Crippen LogP contribution in [0.25, 0.3) is 0 Å². The number of hydrogen-bond donors (Lipinski definition) is 0. The minimum Gasteiger partial charge on any atom is -0.243 e. The van der Waals surface area contributed by atoms with Crippen molar-refractivity contribution >= 4 is 0 Å². The van der Waals surface area contributed by atoms with Crippen molar-refractivity contribution in [2.24, 2.45) is 0 Å². The maximum atomic E-state index is 4.61. The van der Waals surface area contributed by atoms with Crippen molar-refractivity contribution in [1.29, 1.82) is 0 Å². The summed E-state index contributed by atoms with van der Waals surface area (Å²) < 4.78 is 3.78. The second-order valence-electron chi connectivity index (χ2n) is 5.37. The third kappa shape index (κ3) is 2.27. The van der Waals surface area contributed by atoms with Crippen molar-refractivity contribution in [3.63, 3.8) is 0 Å². The maximum absolute atomic E-state index is 4.61. The van der Waals surface area contributed by atoms with Gasteiger partial charge in [0, 0.05) is 6.42 Å². The van der Waals surface area contributed by atoms with Crippen LogP contribution in [-0.4, -0.2) is 29.5 Å². The van der Waals surface area contributed by atoms with Gasteiger partial charge >= 0.3 is 0 Å². The summed E-state index contributed by atoms with van der Waals surface area (Å²) >= 11 is 0. The van der Waals surface area contributed by atoms with Crippen LogP contribution >= 0.6 is 0 Å². The molecule has 2 heterocycles. The first-order valence-corrected chi connectivity index (χ1v) is 6.24. The van der Waals surface area contributed by atoms with Crippen molar-refractivity contribution in [3.8, 4) is 0 Å². The Labute approximate surface area is 107 Å². The molecule has 6 heteroatoms. The molecule has 0 spiro atoms. The van der Waals surface area contributed by atoms with Crippen LogP contribution in [0.2, 0.25) is 0 Å². The molecular weight excluding hydrogens is 228 g/mol. The molecule has 0 saturated carbocycles. The minimum atomic E-state index is -0.0927. The van der Waals surface area contributed by atoms with E-state index >= 15 is 0 Å². The van der Waals surface area contributed by atoms with Crippen molar-refractivity contribution < 1.29 is 0 Å². The minimum absolute atomic E-state index is 0.0273. The highest BCUT2D eigenvalue weighted by molar-refractivity contribution is 5.02. The van der Waals surface area contributed by atoms with Crippen molar-refractivity contribution in [2.75, 3.05) is 0 Å². The molecule has 0 aromatic carbocycles. The summed E-state index contributed by atoms with van der Waals surface area (Å²) in [5, 5.41) is 8.75. The van der Waals surface area contributed by atoms with E-state index in [-0.39, 0.29) is 11.6 Å². The van der Waals surface area contributed by atoms with E-state index in [1.54, 1.807) is 11.0 Å². The lowest BCUT2D eigenvalue weighted by molar-refractivity contribution is 0.324. The van der Waals surface area contributed by atoms with Gasteiger partial charge in [-0.15, -0.1) is 0 Å². The van der Waals surface area contributed by atoms with Crippen molar-refractivity contribution in [3.05, 3.63) is 24.3 Å². The average molecular weight is 248 g/mol. The highest BCUT2D eigenvalue weighted by Gasteiger charge is 2.25. The molecule has 2 rings (SSSR count). The monoisotopic (exact) mass is 248 g/mol. The Balaban J connectivity index is 2.46. The van der Waals surface area contributed by atoms with E-state index in [0.29, 0.717) is 0 Å². The molecule has 2 aromatic rings. The molecule has 2 aromatic heterocycles. The molecule has 0 bridgehead atoms. The lowest BCUT2D eigenvalue weighted by Gasteiger charge is -2.23. The van der Waals surface area contributed by atoms with Gasteiger partial charge in [0.25, 0.3) is 0 Å². The zero-order valence-corrected chi connectivity index (χ0v) is 11.6. The van der Waals surface area contributed by atoms with Crippen LogP contribution in [-0.2, 0) is 12.0 Å². The molecule has 0 radical (unpaired) electrons. The number of nitrogens with zero attached hydrogens (tertiary/aromatic N) is 6. The first-order valence-electron chi connectivity index (χ1n) is 6.24. The van der Waals surface area contributed by atoms with Crippen LogP contribution in [0.5, 0.6) is 0 Å². The molecule has 1 atom stereocenters. The second-order valence-corrected chi connectivity index (χ2v) is 5.37. The fraction of sp³-hybridized carbons (Fsp3) is 0.667. The van der Waals surface area contributed by atoms with E-state index in [4.69, 9.17) is 0 Å². The standard InChI is InChI=1S/C12H20N6/c1-6-10-15-11(18(16-10)12(3,4)5)9(2)17-8-13-7-14-17/h7-9H,6H2,1-5H3. The van der Waals surface area contributed by atoms with Crippen molar-refractivity contribution in [1.82, 2.24) is 29.5 Å². The van der Waals surface area contributed by atoms with E-state index in [1.807, 2.05) is 4.68 Å². The second kappa shape index (κ2) is 4.51. The summed E-state index contributed by atoms with van der Waals surface area (Å²) in [5.74, 6) is 1.79. The lowest BCUT2D eigenvalue weighted by atomic mass is 10.1. The van der Waals surface area contributed by atoms with Crippen LogP contribution in [0.15, 0.2) is 12.7 Å². The van der Waals surface area contributed by atoms with Crippen LogP contribution < -0.4 is 0 Å². The number of aromatic nitrogens is 6. The summed E-state index contributed by atoms with van der Waals surface area (Å²) in [4.78, 5) is 8.60. The zero-order valence-electron chi connectivity index (χ0n) is 11.6. The topological polar surface area (TPSA) is 61.4 Å². The van der Waals surface area contributed by atoms with Gasteiger partial charge in [-0.2, -0.15) is 10.2 Å². The Morgan fingerprint density at radius 1 is 1.33 bits per heavy atom. The quantitative estimate of drug-likeness (QED) is 0.831. The van der Waals surface area contributed by atoms with E-state index in [9.17, 15) is 0 Å². The van der Waals surface area contributed by atoms with Gasteiger partial charge in [0.2, 0.25) is 0 Å². The largest absolute Gasteiger partial charge is 0.243 e. The van der Waals surface area contributed by atoms with Gasteiger partial charge in [-0.1, -0.05) is 6.92 Å². The molecular formula is C12H20N6. The summed E-state index contributed by atoms with van der Waals surface area (Å²) in [6.07, 6.45) is 4.08. The molecule has 0 N–H and O–H groups in total. The Morgan fingerprint density at radius 2 is 2.06 bits per heavy atom. The van der Waals surface area contributed by atoms with Gasteiger partial charge in [-0.25, -0.2) is 19.3 Å². The van der Waals surface area contributed by atoms with E-state index < -0.39 is 0 Å². The van der Waals surface area contributed by atoms with E-state index in [2.05, 4.69) is 54.8 Å². The SMILES string of the molecule is CCc1nc(C(C)n2cncn2)n(C(C)(C)C)n1. The predicted molar refractivity (Wildman–Crippen MR) is 68.2 cm³/mol. The van der Waals surface area contributed by atoms with Gasteiger partial charge < -0.3 is 0 Å². The van der Waals surface area contributed by atoms with Gasteiger partial charge in [-0.3, -0.25) is 0 Å². The smallest absolute Gasteiger partial charge is 0.152 e. The number of rotatable bonds is 3. The fourth-order valence-electron chi connectivity index (χ4n) is 1.82. The third-order valence-electron chi connectivity index (χ3n) is 2.83. The van der Waals surface area contributed by atoms with Crippen LogP contribution in [0.3, 0.4) is 0 Å². The molecule has 0 aliphatic rings. The van der Waals surface area contributed by atoms with Gasteiger partial charge in [0.15, 0.2) is 11.6 Å². The molecule has 1 unspecified atom stereocenters. The van der Waals surface area contributed by atoms with E-state index in [0.717, 1.165) is 18.1 Å². The van der Waals surface area contributed by atoms with Gasteiger partial charge in [-0.05, 0) is 27.7 Å². The molecule has 0 aliphatic carbocycles. The Kier molecular flexibility index (Phi) is 3.19. The average Bonchev–Trinajstić information content (AvgIpc) is 2.96. The van der Waals surface area contributed by atoms with Crippen molar-refractivity contribution in [2.45, 2.75) is 52.6 Å². The Morgan fingerprint density at radius 3 is 2.56 bits per heavy atom. The lowest BCUT2D eigenvalue weighted by Crippen LogP contribution is -2.28. The zero-order chi connectivity index (χ0) is 13.3. The summed E-state index contributed by atoms with van der Waals surface area (Å²) in [6, 6.07) is 0.0273. The molecule has 0 amide bonds. The van der Waals surface area contributed by atoms with Crippen LogP contribution in [0, 0.1) is 0 Å². The van der Waals surface area contributed by atoms with Crippen LogP contribution in [0.1, 0.15) is 52.3 Å². The highest BCUT2D eigenvalue weighted by atomic mass is 15.4. The molecule has 0 aliphatic heterocycles. The number of hydrogen-bond acceptors (Lipinski definition) is 4. The van der Waals surface area contributed by atoms with E-state index in [1.165, 1.54) is 6.33 Å². The highest BCUT2D eigenvalue weighted by Crippen LogP contribution is 2.22. The third-order valence-corrected chi connectivity index (χ3v) is 2.83. The Hall–Kier alpha value is -1.72. The maximum Gasteiger partial charge on any atom is 0.152 e. The molecule has 18 heavy (non-hydrogen) atoms. The summed E-state index contributed by atoms with van der Waals surface area (Å²) in [5.41, 5.74) is -0.0927.